The number of carbonyl (C=O) groups excluding carboxylic acids is 2. The highest BCUT2D eigenvalue weighted by atomic mass is 28.4. The summed E-state index contributed by atoms with van der Waals surface area (Å²) in [5.74, 6) is 1.33. The van der Waals surface area contributed by atoms with E-state index < -0.39 is 8.32 Å². The van der Waals surface area contributed by atoms with Gasteiger partial charge in [0.2, 0.25) is 5.91 Å². The molecule has 25 heavy (non-hydrogen) atoms. The lowest BCUT2D eigenvalue weighted by Gasteiger charge is -2.43. The first kappa shape index (κ1) is 19.1. The van der Waals surface area contributed by atoms with Crippen LogP contribution in [0.1, 0.15) is 59.8 Å². The highest BCUT2D eigenvalue weighted by Crippen LogP contribution is 2.56. The lowest BCUT2D eigenvalue weighted by molar-refractivity contribution is -0.151. The first-order valence-corrected chi connectivity index (χ1v) is 12.9. The van der Waals surface area contributed by atoms with Crippen molar-refractivity contribution in [3.05, 3.63) is 0 Å². The van der Waals surface area contributed by atoms with E-state index in [1.165, 1.54) is 0 Å². The van der Waals surface area contributed by atoms with Crippen LogP contribution in [0.15, 0.2) is 0 Å². The van der Waals surface area contributed by atoms with Crippen LogP contribution in [0.4, 0.5) is 0 Å². The van der Waals surface area contributed by atoms with Crippen molar-refractivity contribution in [2.45, 2.75) is 84.0 Å². The largest absolute Gasteiger partial charge is 0.417 e. The van der Waals surface area contributed by atoms with Gasteiger partial charge in [-0.3, -0.25) is 9.59 Å². The summed E-state index contributed by atoms with van der Waals surface area (Å²) in [6, 6.07) is 0.170. The second-order valence-electron chi connectivity index (χ2n) is 10.1. The molecule has 5 heteroatoms. The number of rotatable bonds is 5. The van der Waals surface area contributed by atoms with Gasteiger partial charge in [0, 0.05) is 19.2 Å². The Morgan fingerprint density at radius 1 is 1.28 bits per heavy atom. The van der Waals surface area contributed by atoms with E-state index in [1.807, 2.05) is 0 Å². The molecule has 3 rings (SSSR count). The monoisotopic (exact) mass is 365 g/mol. The van der Waals surface area contributed by atoms with Crippen LogP contribution in [0.25, 0.3) is 0 Å². The molecule has 0 aromatic rings. The number of ketones is 1. The number of Topliss-reactive ketones (excluding diaryl/α,β-unsaturated/α-hetero) is 1. The van der Waals surface area contributed by atoms with E-state index in [4.69, 9.17) is 4.43 Å². The van der Waals surface area contributed by atoms with E-state index in [-0.39, 0.29) is 34.6 Å². The Bertz CT molecular complexity index is 568. The molecule has 3 fully saturated rings. The fraction of sp³-hybridized carbons (Fsp3) is 0.900. The Balaban J connectivity index is 1.67. The average Bonchev–Trinajstić information content (AvgIpc) is 3.02. The topological polar surface area (TPSA) is 46.6 Å². The minimum Gasteiger partial charge on any atom is -0.417 e. The molecule has 1 saturated carbocycles. The van der Waals surface area contributed by atoms with Crippen LogP contribution in [0.3, 0.4) is 0 Å². The quantitative estimate of drug-likeness (QED) is 0.420. The average molecular weight is 366 g/mol. The summed E-state index contributed by atoms with van der Waals surface area (Å²) in [5, 5.41) is 0.217. The second kappa shape index (κ2) is 6.19. The standard InChI is InChI=1S/C20H35NO3Si/c1-14-13-21-17(23)12-16(22)20(10-8-15(14)18(20)21)9-7-11-24-25(5,6)19(2,3)4/h14-15,18H,7-13H2,1-6H3/t14-,15-,18+,20+/m1/s1. The van der Waals surface area contributed by atoms with Crippen LogP contribution >= 0.6 is 0 Å². The van der Waals surface area contributed by atoms with Crippen molar-refractivity contribution in [2.24, 2.45) is 17.3 Å². The number of hydrogen-bond donors (Lipinski definition) is 0. The summed E-state index contributed by atoms with van der Waals surface area (Å²) in [5.41, 5.74) is -0.278. The maximum Gasteiger partial charge on any atom is 0.230 e. The van der Waals surface area contributed by atoms with Gasteiger partial charge in [0.05, 0.1) is 11.8 Å². The maximum absolute atomic E-state index is 12.9. The number of piperidine rings is 1. The second-order valence-corrected chi connectivity index (χ2v) is 14.9. The Kier molecular flexibility index (Phi) is 4.73. The number of amides is 1. The minimum absolute atomic E-state index is 0.0689. The van der Waals surface area contributed by atoms with Crippen molar-refractivity contribution in [2.75, 3.05) is 13.2 Å². The molecule has 1 aliphatic carbocycles. The number of nitrogens with zero attached hydrogens (tertiary/aromatic N) is 1. The van der Waals surface area contributed by atoms with Crippen molar-refractivity contribution in [1.29, 1.82) is 0 Å². The summed E-state index contributed by atoms with van der Waals surface area (Å²) in [6.45, 7) is 15.2. The molecule has 2 aliphatic heterocycles. The molecule has 0 N–H and O–H groups in total. The van der Waals surface area contributed by atoms with E-state index in [0.717, 1.165) is 38.8 Å². The number of hydrogen-bond acceptors (Lipinski definition) is 3. The molecule has 0 bridgehead atoms. The third kappa shape index (κ3) is 3.01. The SMILES string of the molecule is C[C@@H]1CN2C(=O)CC(=O)[C@]3(CCCO[Si](C)(C)C(C)(C)C)CC[C@H]1[C@H]23. The molecular formula is C20H35NO3Si. The highest BCUT2D eigenvalue weighted by Gasteiger charge is 2.62. The predicted molar refractivity (Wildman–Crippen MR) is 102 cm³/mol. The third-order valence-electron chi connectivity index (χ3n) is 7.67. The lowest BCUT2D eigenvalue weighted by Crippen LogP contribution is -2.55. The van der Waals surface area contributed by atoms with E-state index >= 15 is 0 Å². The van der Waals surface area contributed by atoms with Crippen LogP contribution in [0.2, 0.25) is 18.1 Å². The van der Waals surface area contributed by atoms with Crippen molar-refractivity contribution >= 4 is 20.0 Å². The fourth-order valence-electron chi connectivity index (χ4n) is 5.14. The van der Waals surface area contributed by atoms with Gasteiger partial charge in [-0.15, -0.1) is 0 Å². The zero-order chi connectivity index (χ0) is 18.6. The minimum atomic E-state index is -1.73. The summed E-state index contributed by atoms with van der Waals surface area (Å²) >= 11 is 0. The maximum atomic E-state index is 12.9. The van der Waals surface area contributed by atoms with Gasteiger partial charge in [-0.05, 0) is 55.7 Å². The fourth-order valence-corrected chi connectivity index (χ4v) is 6.23. The van der Waals surface area contributed by atoms with Gasteiger partial charge in [-0.25, -0.2) is 0 Å². The van der Waals surface area contributed by atoms with Crippen molar-refractivity contribution in [3.8, 4) is 0 Å². The molecule has 4 nitrogen and oxygen atoms in total. The first-order chi connectivity index (χ1) is 11.5. The Labute approximate surface area is 153 Å². The first-order valence-electron chi connectivity index (χ1n) is 9.96. The van der Waals surface area contributed by atoms with Gasteiger partial charge in [0.25, 0.3) is 0 Å². The normalized spacial score (nSPS) is 35.4. The highest BCUT2D eigenvalue weighted by molar-refractivity contribution is 6.74. The van der Waals surface area contributed by atoms with Gasteiger partial charge >= 0.3 is 0 Å². The van der Waals surface area contributed by atoms with Crippen LogP contribution in [-0.4, -0.2) is 44.1 Å². The van der Waals surface area contributed by atoms with E-state index in [0.29, 0.717) is 11.8 Å². The van der Waals surface area contributed by atoms with Crippen molar-refractivity contribution in [3.63, 3.8) is 0 Å². The smallest absolute Gasteiger partial charge is 0.230 e. The van der Waals surface area contributed by atoms with Crippen LogP contribution < -0.4 is 0 Å². The van der Waals surface area contributed by atoms with E-state index in [9.17, 15) is 9.59 Å². The molecule has 0 radical (unpaired) electrons. The summed E-state index contributed by atoms with van der Waals surface area (Å²) < 4.78 is 6.32. The van der Waals surface area contributed by atoms with E-state index in [2.05, 4.69) is 45.7 Å². The van der Waals surface area contributed by atoms with Gasteiger partial charge in [0.15, 0.2) is 8.32 Å². The zero-order valence-corrected chi connectivity index (χ0v) is 17.9. The third-order valence-corrected chi connectivity index (χ3v) is 12.2. The van der Waals surface area contributed by atoms with Crippen LogP contribution in [0.5, 0.6) is 0 Å². The number of carbonyl (C=O) groups is 2. The van der Waals surface area contributed by atoms with Gasteiger partial charge < -0.3 is 9.33 Å². The molecule has 142 valence electrons. The van der Waals surface area contributed by atoms with Crippen LogP contribution in [0, 0.1) is 17.3 Å². The molecule has 0 unspecified atom stereocenters. The predicted octanol–water partition coefficient (Wildman–Crippen LogP) is 4.00. The van der Waals surface area contributed by atoms with Crippen molar-refractivity contribution < 1.29 is 14.0 Å². The molecule has 0 spiro atoms. The Morgan fingerprint density at radius 2 is 1.96 bits per heavy atom. The molecule has 1 amide bonds. The van der Waals surface area contributed by atoms with Gasteiger partial charge in [-0.2, -0.15) is 0 Å². The Hall–Kier alpha value is -0.683. The molecule has 0 aromatic carbocycles. The Morgan fingerprint density at radius 3 is 2.60 bits per heavy atom. The molecule has 4 atom stereocenters. The van der Waals surface area contributed by atoms with Crippen LogP contribution in [-0.2, 0) is 14.0 Å². The zero-order valence-electron chi connectivity index (χ0n) is 16.9. The summed E-state index contributed by atoms with van der Waals surface area (Å²) in [7, 11) is -1.73. The molecule has 0 aromatic heterocycles. The summed E-state index contributed by atoms with van der Waals surface area (Å²) in [4.78, 5) is 27.3. The molecule has 3 aliphatic rings. The van der Waals surface area contributed by atoms with E-state index in [1.54, 1.807) is 0 Å². The van der Waals surface area contributed by atoms with Gasteiger partial charge in [-0.1, -0.05) is 27.7 Å². The van der Waals surface area contributed by atoms with Gasteiger partial charge in [0.1, 0.15) is 5.78 Å². The molecule has 2 saturated heterocycles. The molecule has 2 heterocycles. The summed E-state index contributed by atoms with van der Waals surface area (Å²) in [6.07, 6.45) is 4.01. The lowest BCUT2D eigenvalue weighted by atomic mass is 9.70. The van der Waals surface area contributed by atoms with Crippen molar-refractivity contribution in [1.82, 2.24) is 4.90 Å². The molecular weight excluding hydrogens is 330 g/mol.